The van der Waals surface area contributed by atoms with Crippen molar-refractivity contribution >= 4 is 0 Å². The van der Waals surface area contributed by atoms with Gasteiger partial charge in [0.05, 0.1) is 6.61 Å². The van der Waals surface area contributed by atoms with Crippen molar-refractivity contribution in [2.24, 2.45) is 0 Å². The van der Waals surface area contributed by atoms with Crippen molar-refractivity contribution in [1.82, 2.24) is 15.3 Å². The normalized spacial score (nSPS) is 22.1. The predicted octanol–water partition coefficient (Wildman–Crippen LogP) is 1.43. The molecule has 0 saturated carbocycles. The van der Waals surface area contributed by atoms with E-state index in [0.29, 0.717) is 0 Å². The Bertz CT molecular complexity index is 354. The first kappa shape index (κ1) is 11.5. The van der Waals surface area contributed by atoms with Gasteiger partial charge in [0.15, 0.2) is 5.82 Å². The summed E-state index contributed by atoms with van der Waals surface area (Å²) in [6.07, 6.45) is 1.82. The monoisotopic (exact) mass is 221 g/mol. The fourth-order valence-electron chi connectivity index (χ4n) is 1.68. The molecular weight excluding hydrogens is 202 g/mol. The van der Waals surface area contributed by atoms with Gasteiger partial charge in [0, 0.05) is 30.4 Å². The largest absolute Gasteiger partial charge is 0.368 e. The smallest absolute Gasteiger partial charge is 0.158 e. The van der Waals surface area contributed by atoms with Crippen LogP contribution in [0.5, 0.6) is 0 Å². The lowest BCUT2D eigenvalue weighted by Gasteiger charge is -2.24. The third-order valence-electron chi connectivity index (χ3n) is 2.66. The summed E-state index contributed by atoms with van der Waals surface area (Å²) in [5.74, 6) is 0.791. The first-order chi connectivity index (χ1) is 7.57. The second kappa shape index (κ2) is 4.47. The van der Waals surface area contributed by atoms with E-state index < -0.39 is 0 Å². The average Bonchev–Trinajstić information content (AvgIpc) is 2.29. The van der Waals surface area contributed by atoms with E-state index in [4.69, 9.17) is 4.74 Å². The van der Waals surface area contributed by atoms with E-state index in [-0.39, 0.29) is 11.5 Å². The number of ether oxygens (including phenoxy) is 1. The van der Waals surface area contributed by atoms with E-state index in [2.05, 4.69) is 36.1 Å². The maximum Gasteiger partial charge on any atom is 0.158 e. The highest BCUT2D eigenvalue weighted by Crippen LogP contribution is 2.22. The molecule has 4 heteroatoms. The Kier molecular flexibility index (Phi) is 3.21. The lowest BCUT2D eigenvalue weighted by atomic mass is 9.92. The van der Waals surface area contributed by atoms with Gasteiger partial charge in [-0.15, -0.1) is 0 Å². The topological polar surface area (TPSA) is 47.0 Å². The van der Waals surface area contributed by atoms with E-state index in [1.165, 1.54) is 0 Å². The fraction of sp³-hybridized carbons (Fsp3) is 0.667. The molecule has 2 rings (SSSR count). The number of rotatable bonds is 1. The van der Waals surface area contributed by atoms with Crippen LogP contribution in [-0.2, 0) is 10.2 Å². The maximum atomic E-state index is 5.64. The lowest BCUT2D eigenvalue weighted by Crippen LogP contribution is -2.34. The Morgan fingerprint density at radius 1 is 1.44 bits per heavy atom. The first-order valence-corrected chi connectivity index (χ1v) is 5.73. The van der Waals surface area contributed by atoms with Gasteiger partial charge in [-0.05, 0) is 6.07 Å². The molecule has 1 aliphatic heterocycles. The van der Waals surface area contributed by atoms with Crippen molar-refractivity contribution in [3.05, 3.63) is 23.8 Å². The van der Waals surface area contributed by atoms with Crippen LogP contribution in [0.1, 0.15) is 38.4 Å². The van der Waals surface area contributed by atoms with Crippen molar-refractivity contribution in [3.8, 4) is 0 Å². The van der Waals surface area contributed by atoms with Crippen molar-refractivity contribution in [3.63, 3.8) is 0 Å². The Balaban J connectivity index is 2.21. The van der Waals surface area contributed by atoms with Crippen LogP contribution in [-0.4, -0.2) is 29.7 Å². The Morgan fingerprint density at radius 2 is 2.25 bits per heavy atom. The SMILES string of the molecule is CC(C)(C)c1ccnc(C2CNCCO2)n1. The Labute approximate surface area is 96.4 Å². The van der Waals surface area contributed by atoms with E-state index in [1.807, 2.05) is 12.3 Å². The molecule has 1 unspecified atom stereocenters. The molecule has 1 aliphatic rings. The van der Waals surface area contributed by atoms with Crippen molar-refractivity contribution in [2.45, 2.75) is 32.3 Å². The molecule has 2 heterocycles. The van der Waals surface area contributed by atoms with Gasteiger partial charge < -0.3 is 10.1 Å². The molecule has 16 heavy (non-hydrogen) atoms. The summed E-state index contributed by atoms with van der Waals surface area (Å²) in [6.45, 7) is 8.90. The second-order valence-corrected chi connectivity index (χ2v) is 5.11. The summed E-state index contributed by atoms with van der Waals surface area (Å²) >= 11 is 0. The molecule has 0 amide bonds. The molecule has 0 bridgehead atoms. The van der Waals surface area contributed by atoms with Crippen molar-refractivity contribution in [1.29, 1.82) is 0 Å². The molecule has 0 aliphatic carbocycles. The molecule has 0 spiro atoms. The predicted molar refractivity (Wildman–Crippen MR) is 62.3 cm³/mol. The minimum Gasteiger partial charge on any atom is -0.368 e. The van der Waals surface area contributed by atoms with E-state index in [1.54, 1.807) is 0 Å². The van der Waals surface area contributed by atoms with E-state index in [0.717, 1.165) is 31.2 Å². The quantitative estimate of drug-likeness (QED) is 0.779. The van der Waals surface area contributed by atoms with Gasteiger partial charge in [0.1, 0.15) is 6.10 Å². The summed E-state index contributed by atoms with van der Waals surface area (Å²) in [5.41, 5.74) is 1.12. The zero-order valence-corrected chi connectivity index (χ0v) is 10.2. The average molecular weight is 221 g/mol. The number of aromatic nitrogens is 2. The highest BCUT2D eigenvalue weighted by Gasteiger charge is 2.21. The maximum absolute atomic E-state index is 5.64. The number of morpholine rings is 1. The minimum absolute atomic E-state index is 0.00366. The van der Waals surface area contributed by atoms with Gasteiger partial charge >= 0.3 is 0 Å². The van der Waals surface area contributed by atoms with Gasteiger partial charge in [-0.25, -0.2) is 9.97 Å². The van der Waals surface area contributed by atoms with Crippen LogP contribution in [0.2, 0.25) is 0 Å². The molecule has 1 atom stereocenters. The van der Waals surface area contributed by atoms with Crippen LogP contribution in [0.15, 0.2) is 12.3 Å². The second-order valence-electron chi connectivity index (χ2n) is 5.11. The van der Waals surface area contributed by atoms with Crippen LogP contribution in [0, 0.1) is 0 Å². The van der Waals surface area contributed by atoms with Crippen LogP contribution in [0.3, 0.4) is 0 Å². The van der Waals surface area contributed by atoms with Gasteiger partial charge in [0.25, 0.3) is 0 Å². The van der Waals surface area contributed by atoms with E-state index >= 15 is 0 Å². The Hall–Kier alpha value is -1.00. The fourth-order valence-corrected chi connectivity index (χ4v) is 1.68. The summed E-state index contributed by atoms with van der Waals surface area (Å²) in [5, 5.41) is 3.29. The van der Waals surface area contributed by atoms with Gasteiger partial charge in [-0.2, -0.15) is 0 Å². The molecule has 1 aromatic rings. The number of nitrogens with one attached hydrogen (secondary N) is 1. The number of hydrogen-bond donors (Lipinski definition) is 1. The van der Waals surface area contributed by atoms with Crippen molar-refractivity contribution < 1.29 is 4.74 Å². The number of hydrogen-bond acceptors (Lipinski definition) is 4. The molecule has 1 aromatic heterocycles. The Morgan fingerprint density at radius 3 is 2.88 bits per heavy atom. The number of nitrogens with zero attached hydrogens (tertiary/aromatic N) is 2. The molecule has 1 N–H and O–H groups in total. The summed E-state index contributed by atoms with van der Waals surface area (Å²) in [4.78, 5) is 8.89. The van der Waals surface area contributed by atoms with Gasteiger partial charge in [-0.3, -0.25) is 0 Å². The van der Waals surface area contributed by atoms with Gasteiger partial charge in [-0.1, -0.05) is 20.8 Å². The van der Waals surface area contributed by atoms with Crippen LogP contribution >= 0.6 is 0 Å². The van der Waals surface area contributed by atoms with Crippen molar-refractivity contribution in [2.75, 3.05) is 19.7 Å². The zero-order valence-electron chi connectivity index (χ0n) is 10.2. The van der Waals surface area contributed by atoms with Crippen LogP contribution in [0.4, 0.5) is 0 Å². The molecule has 0 radical (unpaired) electrons. The standard InChI is InChI=1S/C12H19N3O/c1-12(2,3)10-4-5-14-11(15-10)9-8-13-6-7-16-9/h4-5,9,13H,6-8H2,1-3H3. The third kappa shape index (κ3) is 2.57. The molecular formula is C12H19N3O. The van der Waals surface area contributed by atoms with Gasteiger partial charge in [0.2, 0.25) is 0 Å². The van der Waals surface area contributed by atoms with Crippen LogP contribution in [0.25, 0.3) is 0 Å². The summed E-state index contributed by atoms with van der Waals surface area (Å²) in [7, 11) is 0. The highest BCUT2D eigenvalue weighted by atomic mass is 16.5. The zero-order chi connectivity index (χ0) is 11.6. The molecule has 1 fully saturated rings. The minimum atomic E-state index is -0.00366. The highest BCUT2D eigenvalue weighted by molar-refractivity contribution is 5.13. The van der Waals surface area contributed by atoms with E-state index in [9.17, 15) is 0 Å². The summed E-state index contributed by atoms with van der Waals surface area (Å²) < 4.78 is 5.64. The molecule has 0 aromatic carbocycles. The lowest BCUT2D eigenvalue weighted by molar-refractivity contribution is 0.0219. The van der Waals surface area contributed by atoms with Crippen LogP contribution < -0.4 is 5.32 Å². The molecule has 1 saturated heterocycles. The first-order valence-electron chi connectivity index (χ1n) is 5.73. The summed E-state index contributed by atoms with van der Waals surface area (Å²) in [6, 6.07) is 1.97. The molecule has 88 valence electrons. The molecule has 4 nitrogen and oxygen atoms in total. The third-order valence-corrected chi connectivity index (χ3v) is 2.66.